The average Bonchev–Trinajstić information content (AvgIpc) is 3.02. The molecule has 1 saturated heterocycles. The van der Waals surface area contributed by atoms with Crippen LogP contribution in [-0.2, 0) is 10.0 Å². The summed E-state index contributed by atoms with van der Waals surface area (Å²) in [5, 5.41) is 3.10. The first-order chi connectivity index (χ1) is 14.7. The van der Waals surface area contributed by atoms with Crippen LogP contribution in [0.15, 0.2) is 41.3 Å². The van der Waals surface area contributed by atoms with Crippen molar-refractivity contribution in [2.24, 2.45) is 0 Å². The molecule has 6 heteroatoms. The minimum atomic E-state index is -3.62. The normalized spacial score (nSPS) is 16.5. The van der Waals surface area contributed by atoms with Crippen molar-refractivity contribution in [3.8, 4) is 0 Å². The van der Waals surface area contributed by atoms with Gasteiger partial charge in [-0.15, -0.1) is 0 Å². The summed E-state index contributed by atoms with van der Waals surface area (Å²) in [6.45, 7) is 9.01. The Morgan fingerprint density at radius 3 is 2.26 bits per heavy atom. The van der Waals surface area contributed by atoms with Gasteiger partial charge in [0.15, 0.2) is 0 Å². The van der Waals surface area contributed by atoms with Crippen molar-refractivity contribution >= 4 is 15.9 Å². The number of amides is 1. The number of nitrogens with one attached hydrogen (secondary N) is 1. The highest BCUT2D eigenvalue weighted by molar-refractivity contribution is 7.89. The van der Waals surface area contributed by atoms with E-state index in [0.717, 1.165) is 43.2 Å². The molecule has 0 unspecified atom stereocenters. The smallest absolute Gasteiger partial charge is 0.251 e. The lowest BCUT2D eigenvalue weighted by Crippen LogP contribution is -2.33. The molecule has 5 nitrogen and oxygen atoms in total. The van der Waals surface area contributed by atoms with Crippen LogP contribution in [-0.4, -0.2) is 31.7 Å². The van der Waals surface area contributed by atoms with Crippen molar-refractivity contribution in [2.75, 3.05) is 13.1 Å². The van der Waals surface area contributed by atoms with E-state index < -0.39 is 10.0 Å². The zero-order chi connectivity index (χ0) is 22.6. The third-order valence-corrected chi connectivity index (χ3v) is 8.19. The third kappa shape index (κ3) is 5.36. The number of hydrogen-bond donors (Lipinski definition) is 1. The van der Waals surface area contributed by atoms with Crippen molar-refractivity contribution in [3.63, 3.8) is 0 Å². The Hall–Kier alpha value is -2.18. The number of benzene rings is 2. The summed E-state index contributed by atoms with van der Waals surface area (Å²) in [4.78, 5) is 13.3. The Labute approximate surface area is 186 Å². The summed E-state index contributed by atoms with van der Waals surface area (Å²) in [5.74, 6) is -0.251. The first kappa shape index (κ1) is 23.5. The highest BCUT2D eigenvalue weighted by Gasteiger charge is 2.28. The summed E-state index contributed by atoms with van der Waals surface area (Å²) < 4.78 is 28.2. The molecule has 2 aromatic rings. The van der Waals surface area contributed by atoms with E-state index in [2.05, 4.69) is 37.4 Å². The van der Waals surface area contributed by atoms with E-state index in [4.69, 9.17) is 0 Å². The molecule has 1 heterocycles. The fourth-order valence-corrected chi connectivity index (χ4v) is 6.07. The average molecular weight is 443 g/mol. The van der Waals surface area contributed by atoms with Crippen LogP contribution in [0.25, 0.3) is 0 Å². The number of carbonyl (C=O) groups excluding carboxylic acids is 1. The Balaban J connectivity index is 1.86. The largest absolute Gasteiger partial charge is 0.345 e. The van der Waals surface area contributed by atoms with Crippen LogP contribution in [0.5, 0.6) is 0 Å². The van der Waals surface area contributed by atoms with E-state index in [1.165, 1.54) is 5.56 Å². The van der Waals surface area contributed by atoms with Gasteiger partial charge in [-0.2, -0.15) is 4.31 Å². The lowest BCUT2D eigenvalue weighted by Gasteiger charge is -2.22. The van der Waals surface area contributed by atoms with Crippen LogP contribution in [0, 0.1) is 20.8 Å². The maximum atomic E-state index is 13.3. The molecule has 0 aliphatic carbocycles. The number of carbonyl (C=O) groups is 1. The second-order valence-corrected chi connectivity index (χ2v) is 10.5. The molecule has 0 spiro atoms. The van der Waals surface area contributed by atoms with Gasteiger partial charge in [-0.3, -0.25) is 4.79 Å². The molecule has 0 radical (unpaired) electrons. The van der Waals surface area contributed by atoms with Crippen LogP contribution in [0.3, 0.4) is 0 Å². The lowest BCUT2D eigenvalue weighted by atomic mass is 9.97. The van der Waals surface area contributed by atoms with Gasteiger partial charge >= 0.3 is 0 Å². The summed E-state index contributed by atoms with van der Waals surface area (Å²) in [6, 6.07) is 11.1. The summed E-state index contributed by atoms with van der Waals surface area (Å²) in [7, 11) is -3.62. The van der Waals surface area contributed by atoms with E-state index in [1.54, 1.807) is 29.4 Å². The number of rotatable bonds is 6. The Morgan fingerprint density at radius 1 is 0.968 bits per heavy atom. The van der Waals surface area contributed by atoms with Gasteiger partial charge in [0.05, 0.1) is 10.9 Å². The molecule has 2 aromatic carbocycles. The van der Waals surface area contributed by atoms with Gasteiger partial charge in [-0.05, 0) is 68.9 Å². The summed E-state index contributed by atoms with van der Waals surface area (Å²) in [5.41, 5.74) is 4.46. The molecular formula is C25H34N2O3S. The molecule has 1 fully saturated rings. The van der Waals surface area contributed by atoms with E-state index in [9.17, 15) is 13.2 Å². The molecule has 31 heavy (non-hydrogen) atoms. The number of sulfonamides is 1. The van der Waals surface area contributed by atoms with Crippen molar-refractivity contribution < 1.29 is 13.2 Å². The van der Waals surface area contributed by atoms with Gasteiger partial charge in [-0.1, -0.05) is 49.6 Å². The molecule has 1 amide bonds. The van der Waals surface area contributed by atoms with Crippen LogP contribution in [0.2, 0.25) is 0 Å². The predicted octanol–water partition coefficient (Wildman–Crippen LogP) is 5.06. The van der Waals surface area contributed by atoms with Crippen LogP contribution >= 0.6 is 0 Å². The van der Waals surface area contributed by atoms with Gasteiger partial charge < -0.3 is 5.32 Å². The Kier molecular flexibility index (Phi) is 7.55. The summed E-state index contributed by atoms with van der Waals surface area (Å²) in [6.07, 6.45) is 4.63. The minimum Gasteiger partial charge on any atom is -0.345 e. The highest BCUT2D eigenvalue weighted by Crippen LogP contribution is 2.26. The van der Waals surface area contributed by atoms with E-state index in [-0.39, 0.29) is 16.8 Å². The quantitative estimate of drug-likeness (QED) is 0.680. The SMILES string of the molecule is CC[C@@H](NC(=O)c1ccc(C)c(S(=O)(=O)N2CCCCCC2)c1)c1ccc(C)cc1C. The molecule has 168 valence electrons. The predicted molar refractivity (Wildman–Crippen MR) is 125 cm³/mol. The molecule has 1 aliphatic rings. The van der Waals surface area contributed by atoms with Crippen molar-refractivity contribution in [3.05, 3.63) is 64.2 Å². The molecule has 1 atom stereocenters. The molecule has 1 N–H and O–H groups in total. The molecule has 0 bridgehead atoms. The molecule has 0 saturated carbocycles. The monoisotopic (exact) mass is 442 g/mol. The fourth-order valence-electron chi connectivity index (χ4n) is 4.30. The fraction of sp³-hybridized carbons (Fsp3) is 0.480. The van der Waals surface area contributed by atoms with Crippen LogP contribution in [0.4, 0.5) is 0 Å². The molecular weight excluding hydrogens is 408 g/mol. The maximum Gasteiger partial charge on any atom is 0.251 e. The highest BCUT2D eigenvalue weighted by atomic mass is 32.2. The van der Waals surface area contributed by atoms with Gasteiger partial charge in [0.25, 0.3) is 5.91 Å². The maximum absolute atomic E-state index is 13.3. The first-order valence-electron chi connectivity index (χ1n) is 11.2. The number of aryl methyl sites for hydroxylation is 3. The second kappa shape index (κ2) is 9.96. The number of nitrogens with zero attached hydrogens (tertiary/aromatic N) is 1. The zero-order valence-electron chi connectivity index (χ0n) is 19.1. The summed E-state index contributed by atoms with van der Waals surface area (Å²) >= 11 is 0. The van der Waals surface area contributed by atoms with Gasteiger partial charge in [0.2, 0.25) is 10.0 Å². The van der Waals surface area contributed by atoms with Crippen molar-refractivity contribution in [2.45, 2.75) is 70.7 Å². The van der Waals surface area contributed by atoms with Crippen molar-refractivity contribution in [1.82, 2.24) is 9.62 Å². The third-order valence-electron chi connectivity index (χ3n) is 6.15. The standard InChI is InChI=1S/C25H34N2O3S/c1-5-23(22-13-10-18(2)16-20(22)4)26-25(28)21-12-11-19(3)24(17-21)31(29,30)27-14-8-6-7-9-15-27/h10-13,16-17,23H,5-9,14-15H2,1-4H3,(H,26,28)/t23-/m1/s1. The Morgan fingerprint density at radius 2 is 1.65 bits per heavy atom. The molecule has 3 rings (SSSR count). The molecule has 1 aliphatic heterocycles. The Bertz CT molecular complexity index is 1040. The molecule has 0 aromatic heterocycles. The van der Waals surface area contributed by atoms with Crippen LogP contribution in [0.1, 0.15) is 77.7 Å². The van der Waals surface area contributed by atoms with E-state index in [1.807, 2.05) is 6.92 Å². The minimum absolute atomic E-state index is 0.125. The van der Waals surface area contributed by atoms with Gasteiger partial charge in [0, 0.05) is 18.7 Å². The van der Waals surface area contributed by atoms with Gasteiger partial charge in [-0.25, -0.2) is 8.42 Å². The van der Waals surface area contributed by atoms with E-state index >= 15 is 0 Å². The van der Waals surface area contributed by atoms with Crippen LogP contribution < -0.4 is 5.32 Å². The zero-order valence-corrected chi connectivity index (χ0v) is 19.9. The van der Waals surface area contributed by atoms with Crippen molar-refractivity contribution in [1.29, 1.82) is 0 Å². The second-order valence-electron chi connectivity index (χ2n) is 8.59. The van der Waals surface area contributed by atoms with E-state index in [0.29, 0.717) is 24.2 Å². The topological polar surface area (TPSA) is 66.5 Å². The number of hydrogen-bond acceptors (Lipinski definition) is 3. The first-order valence-corrected chi connectivity index (χ1v) is 12.7. The lowest BCUT2D eigenvalue weighted by molar-refractivity contribution is 0.0935. The van der Waals surface area contributed by atoms with Gasteiger partial charge in [0.1, 0.15) is 0 Å².